The van der Waals surface area contributed by atoms with Gasteiger partial charge >= 0.3 is 17.6 Å². The van der Waals surface area contributed by atoms with E-state index in [1.165, 1.54) is 49.4 Å². The summed E-state index contributed by atoms with van der Waals surface area (Å²) in [4.78, 5) is 33.3. The normalized spacial score (nSPS) is 13.5. The minimum Gasteiger partial charge on any atom is -0.493 e. The second kappa shape index (κ2) is 9.35. The quantitative estimate of drug-likeness (QED) is 0.373. The molecule has 0 unspecified atom stereocenters. The van der Waals surface area contributed by atoms with E-state index in [-0.39, 0.29) is 38.0 Å². The van der Waals surface area contributed by atoms with Gasteiger partial charge in [-0.3, -0.25) is 4.72 Å². The molecule has 0 spiro atoms. The van der Waals surface area contributed by atoms with E-state index in [4.69, 9.17) is 21.2 Å². The van der Waals surface area contributed by atoms with Crippen molar-refractivity contribution in [2.75, 3.05) is 23.8 Å². The molecule has 1 aromatic heterocycles. The van der Waals surface area contributed by atoms with E-state index in [9.17, 15) is 18.0 Å². The third-order valence-electron chi connectivity index (χ3n) is 6.10. The van der Waals surface area contributed by atoms with E-state index in [1.54, 1.807) is 25.1 Å². The van der Waals surface area contributed by atoms with Crippen LogP contribution < -0.4 is 23.9 Å². The summed E-state index contributed by atoms with van der Waals surface area (Å²) in [5.74, 6) is -0.879. The lowest BCUT2D eigenvalue weighted by Gasteiger charge is -2.19. The SMILES string of the molecule is COc1c[n+](OC)c(N2C(=O)c3c(Cl)ccc(NS(=O)(=O)c4ccc(C(C)(C)C)cc4)c3C2=O)cc1C. The zero-order valence-corrected chi connectivity index (χ0v) is 22.8. The Morgan fingerprint density at radius 2 is 1.59 bits per heavy atom. The monoisotopic (exact) mass is 544 g/mol. The molecule has 0 radical (unpaired) electrons. The van der Waals surface area contributed by atoms with Gasteiger partial charge < -0.3 is 9.57 Å². The molecular formula is C26H27ClN3O6S+. The summed E-state index contributed by atoms with van der Waals surface area (Å²) in [6.07, 6.45) is 1.49. The second-order valence-corrected chi connectivity index (χ2v) is 11.7. The van der Waals surface area contributed by atoms with Gasteiger partial charge in [-0.05, 0) is 46.9 Å². The summed E-state index contributed by atoms with van der Waals surface area (Å²) in [7, 11) is -1.23. The number of imide groups is 1. The number of ether oxygens (including phenoxy) is 1. The molecule has 2 aromatic carbocycles. The summed E-state index contributed by atoms with van der Waals surface area (Å²) in [6.45, 7) is 7.82. The summed E-state index contributed by atoms with van der Waals surface area (Å²) >= 11 is 6.32. The summed E-state index contributed by atoms with van der Waals surface area (Å²) in [5.41, 5.74) is 1.15. The van der Waals surface area contributed by atoms with E-state index in [0.717, 1.165) is 10.5 Å². The number of fused-ring (bicyclic) bond motifs is 1. The number of hydrogen-bond acceptors (Lipinski definition) is 6. The maximum atomic E-state index is 13.6. The van der Waals surface area contributed by atoms with E-state index >= 15 is 0 Å². The molecule has 3 aromatic rings. The molecule has 1 aliphatic heterocycles. The predicted octanol–water partition coefficient (Wildman–Crippen LogP) is 3.90. The van der Waals surface area contributed by atoms with Crippen molar-refractivity contribution in [1.29, 1.82) is 0 Å². The van der Waals surface area contributed by atoms with Crippen LogP contribution in [0.4, 0.5) is 11.5 Å². The summed E-state index contributed by atoms with van der Waals surface area (Å²) < 4.78 is 35.4. The number of aromatic nitrogens is 1. The van der Waals surface area contributed by atoms with Gasteiger partial charge in [-0.25, -0.2) is 18.0 Å². The number of sulfonamides is 1. The lowest BCUT2D eigenvalue weighted by molar-refractivity contribution is -0.875. The molecule has 2 heterocycles. The van der Waals surface area contributed by atoms with Crippen LogP contribution in [0.2, 0.25) is 5.02 Å². The first-order valence-electron chi connectivity index (χ1n) is 11.3. The van der Waals surface area contributed by atoms with Crippen molar-refractivity contribution in [3.05, 3.63) is 75.9 Å². The predicted molar refractivity (Wildman–Crippen MR) is 139 cm³/mol. The van der Waals surface area contributed by atoms with Gasteiger partial charge in [0.25, 0.3) is 10.0 Å². The number of rotatable bonds is 6. The number of carbonyl (C=O) groups excluding carboxylic acids is 2. The minimum atomic E-state index is -4.08. The van der Waals surface area contributed by atoms with Crippen molar-refractivity contribution in [1.82, 2.24) is 0 Å². The Hall–Kier alpha value is -3.63. The van der Waals surface area contributed by atoms with Gasteiger partial charge in [0.1, 0.15) is 18.2 Å². The first-order valence-corrected chi connectivity index (χ1v) is 13.2. The smallest absolute Gasteiger partial charge is 0.352 e. The molecule has 37 heavy (non-hydrogen) atoms. The standard InChI is InChI=1S/C26H26ClN3O6S/c1-15-13-21(29(36-6)14-20(15)35-5)30-24(31)22-18(27)11-12-19(23(22)25(30)32)28-37(33,34)17-9-7-16(8-10-17)26(2,3)4/h7-14H,1-6H3/p+1. The van der Waals surface area contributed by atoms with Crippen LogP contribution in [0.25, 0.3) is 0 Å². The van der Waals surface area contributed by atoms with Crippen LogP contribution in [0.3, 0.4) is 0 Å². The Balaban J connectivity index is 1.77. The van der Waals surface area contributed by atoms with Crippen LogP contribution in [-0.4, -0.2) is 34.5 Å². The molecule has 11 heteroatoms. The number of nitrogens with zero attached hydrogens (tertiary/aromatic N) is 2. The molecule has 0 saturated heterocycles. The van der Waals surface area contributed by atoms with E-state index in [1.807, 2.05) is 20.8 Å². The summed E-state index contributed by atoms with van der Waals surface area (Å²) in [5, 5.41) is 0.0162. The molecule has 0 saturated carbocycles. The Labute approximate surface area is 220 Å². The maximum absolute atomic E-state index is 13.6. The number of hydrogen-bond donors (Lipinski definition) is 1. The molecule has 194 valence electrons. The number of aryl methyl sites for hydroxylation is 1. The molecule has 0 aliphatic carbocycles. The van der Waals surface area contributed by atoms with Crippen molar-refractivity contribution in [2.45, 2.75) is 38.0 Å². The van der Waals surface area contributed by atoms with Crippen molar-refractivity contribution in [3.63, 3.8) is 0 Å². The molecule has 0 atom stereocenters. The third-order valence-corrected chi connectivity index (χ3v) is 7.80. The Morgan fingerprint density at radius 3 is 2.16 bits per heavy atom. The largest absolute Gasteiger partial charge is 0.493 e. The fraction of sp³-hybridized carbons (Fsp3) is 0.269. The number of anilines is 2. The average Bonchev–Trinajstić information content (AvgIpc) is 3.11. The Bertz CT molecular complexity index is 1530. The number of halogens is 1. The van der Waals surface area contributed by atoms with Crippen molar-refractivity contribution in [2.24, 2.45) is 0 Å². The van der Waals surface area contributed by atoms with Crippen LogP contribution in [0.5, 0.6) is 5.75 Å². The van der Waals surface area contributed by atoms with Gasteiger partial charge in [-0.1, -0.05) is 44.5 Å². The highest BCUT2D eigenvalue weighted by molar-refractivity contribution is 7.92. The number of pyridine rings is 1. The number of carbonyl (C=O) groups is 2. The van der Waals surface area contributed by atoms with Crippen molar-refractivity contribution < 1.29 is 32.3 Å². The zero-order valence-electron chi connectivity index (χ0n) is 21.2. The van der Waals surface area contributed by atoms with E-state index in [2.05, 4.69) is 4.72 Å². The highest BCUT2D eigenvalue weighted by Gasteiger charge is 2.49. The molecule has 2 amide bonds. The van der Waals surface area contributed by atoms with Crippen LogP contribution in [-0.2, 0) is 15.4 Å². The number of amides is 2. The summed E-state index contributed by atoms with van der Waals surface area (Å²) in [6, 6.07) is 10.8. The Morgan fingerprint density at radius 1 is 0.973 bits per heavy atom. The van der Waals surface area contributed by atoms with Gasteiger partial charge in [0.15, 0.2) is 11.9 Å². The number of methoxy groups -OCH3 is 1. The molecular weight excluding hydrogens is 518 g/mol. The molecule has 1 aliphatic rings. The molecule has 4 rings (SSSR count). The topological polar surface area (TPSA) is 106 Å². The Kier molecular flexibility index (Phi) is 6.68. The number of nitrogens with one attached hydrogen (secondary N) is 1. The first-order chi connectivity index (χ1) is 17.3. The first kappa shape index (κ1) is 26.4. The van der Waals surface area contributed by atoms with Gasteiger partial charge in [0.2, 0.25) is 0 Å². The van der Waals surface area contributed by atoms with Crippen LogP contribution >= 0.6 is 11.6 Å². The third kappa shape index (κ3) is 4.62. The zero-order chi connectivity index (χ0) is 27.3. The maximum Gasteiger partial charge on any atom is 0.352 e. The second-order valence-electron chi connectivity index (χ2n) is 9.56. The van der Waals surface area contributed by atoms with Crippen LogP contribution in [0, 0.1) is 6.92 Å². The lowest BCUT2D eigenvalue weighted by Crippen LogP contribution is -2.48. The fourth-order valence-electron chi connectivity index (χ4n) is 4.08. The highest BCUT2D eigenvalue weighted by atomic mass is 35.5. The molecule has 1 N–H and O–H groups in total. The van der Waals surface area contributed by atoms with Crippen LogP contribution in [0.15, 0.2) is 53.6 Å². The van der Waals surface area contributed by atoms with Crippen molar-refractivity contribution >= 4 is 44.9 Å². The molecule has 0 fully saturated rings. The van der Waals surface area contributed by atoms with Gasteiger partial charge in [0.05, 0.1) is 22.7 Å². The highest BCUT2D eigenvalue weighted by Crippen LogP contribution is 2.37. The number of benzene rings is 2. The minimum absolute atomic E-state index is 0.0147. The average molecular weight is 545 g/mol. The van der Waals surface area contributed by atoms with Crippen LogP contribution in [0.1, 0.15) is 52.6 Å². The lowest BCUT2D eigenvalue weighted by atomic mass is 9.87. The van der Waals surface area contributed by atoms with E-state index < -0.39 is 21.8 Å². The van der Waals surface area contributed by atoms with Gasteiger partial charge in [-0.15, -0.1) is 4.90 Å². The van der Waals surface area contributed by atoms with Crippen molar-refractivity contribution in [3.8, 4) is 5.75 Å². The fourth-order valence-corrected chi connectivity index (χ4v) is 5.39. The molecule has 9 nitrogen and oxygen atoms in total. The van der Waals surface area contributed by atoms with Gasteiger partial charge in [0, 0.05) is 11.6 Å². The van der Waals surface area contributed by atoms with Gasteiger partial charge in [-0.2, -0.15) is 0 Å². The van der Waals surface area contributed by atoms with E-state index in [0.29, 0.717) is 11.3 Å². The molecule has 0 bridgehead atoms.